The molecule has 0 atom stereocenters. The Morgan fingerprint density at radius 2 is 1.75 bits per heavy atom. The molecule has 0 aliphatic rings. The number of amides is 1. The number of nitrogens with zero attached hydrogens (tertiary/aromatic N) is 2. The van der Waals surface area contributed by atoms with Crippen molar-refractivity contribution in [1.29, 1.82) is 0 Å². The third-order valence-corrected chi connectivity index (χ3v) is 1.78. The lowest BCUT2D eigenvalue weighted by Gasteiger charge is -2.01. The first-order valence-corrected chi connectivity index (χ1v) is 3.86. The van der Waals surface area contributed by atoms with E-state index in [1.54, 1.807) is 0 Å². The average Bonchev–Trinajstić information content (AvgIpc) is 2.15. The summed E-state index contributed by atoms with van der Waals surface area (Å²) in [6.07, 6.45) is 0. The van der Waals surface area contributed by atoms with Gasteiger partial charge in [0, 0.05) is 11.6 Å². The van der Waals surface area contributed by atoms with Gasteiger partial charge in [-0.2, -0.15) is 0 Å². The lowest BCUT2D eigenvalue weighted by atomic mass is 10.1. The Bertz CT molecular complexity index is 498. The predicted octanol–water partition coefficient (Wildman–Crippen LogP) is 0.184. The molecule has 0 aliphatic heterocycles. The number of rotatable bonds is 3. The summed E-state index contributed by atoms with van der Waals surface area (Å²) in [6.45, 7) is 0. The molecule has 84 valence electrons. The quantitative estimate of drug-likeness (QED) is 0.425. The molecule has 0 saturated heterocycles. The van der Waals surface area contributed by atoms with Crippen molar-refractivity contribution in [3.8, 4) is 0 Å². The van der Waals surface area contributed by atoms with Gasteiger partial charge in [-0.1, -0.05) is 0 Å². The van der Waals surface area contributed by atoms with Gasteiger partial charge >= 0.3 is 11.4 Å². The van der Waals surface area contributed by atoms with Crippen LogP contribution in [-0.2, 0) is 0 Å². The molecule has 16 heavy (non-hydrogen) atoms. The van der Waals surface area contributed by atoms with Crippen molar-refractivity contribution in [2.24, 2.45) is 5.73 Å². The normalized spacial score (nSPS) is 9.75. The van der Waals surface area contributed by atoms with Gasteiger partial charge in [0.25, 0.3) is 0 Å². The smallest absolute Gasteiger partial charge is 0.368 e. The fraction of sp³-hybridized carbons (Fsp3) is 0. The number of carbonyl (C=O) groups excluding carboxylic acids is 1. The Kier molecular flexibility index (Phi) is 2.70. The van der Waals surface area contributed by atoms with Crippen LogP contribution in [0.15, 0.2) is 12.1 Å². The Hall–Kier alpha value is -2.71. The second kappa shape index (κ2) is 3.81. The van der Waals surface area contributed by atoms with E-state index in [1.807, 2.05) is 0 Å². The van der Waals surface area contributed by atoms with E-state index in [2.05, 4.69) is 0 Å². The van der Waals surface area contributed by atoms with Crippen molar-refractivity contribution in [3.05, 3.63) is 37.9 Å². The first-order valence-electron chi connectivity index (χ1n) is 3.86. The van der Waals surface area contributed by atoms with Crippen LogP contribution >= 0.6 is 0 Å². The molecule has 1 amide bonds. The van der Waals surface area contributed by atoms with E-state index in [9.17, 15) is 25.0 Å². The molecule has 9 nitrogen and oxygen atoms in total. The van der Waals surface area contributed by atoms with Gasteiger partial charge < -0.3 is 11.5 Å². The van der Waals surface area contributed by atoms with Crippen LogP contribution in [0.25, 0.3) is 0 Å². The number of hydrogen-bond acceptors (Lipinski definition) is 6. The van der Waals surface area contributed by atoms with Gasteiger partial charge in [-0.3, -0.25) is 25.0 Å². The Morgan fingerprint density at radius 3 is 2.12 bits per heavy atom. The number of nitro benzene ring substituents is 2. The second-order valence-corrected chi connectivity index (χ2v) is 2.81. The molecule has 1 aromatic rings. The zero-order valence-corrected chi connectivity index (χ0v) is 7.75. The Morgan fingerprint density at radius 1 is 1.19 bits per heavy atom. The number of anilines is 1. The first-order chi connectivity index (χ1) is 7.34. The van der Waals surface area contributed by atoms with Crippen LogP contribution in [0.4, 0.5) is 17.1 Å². The molecule has 1 aromatic carbocycles. The molecule has 0 unspecified atom stereocenters. The Balaban J connectivity index is 3.58. The topological polar surface area (TPSA) is 155 Å². The number of hydrogen-bond donors (Lipinski definition) is 2. The number of nitrogen functional groups attached to an aromatic ring is 1. The molecule has 0 aliphatic carbocycles. The molecule has 0 radical (unpaired) electrons. The molecule has 0 saturated carbocycles. The zero-order valence-electron chi connectivity index (χ0n) is 7.75. The maximum atomic E-state index is 10.8. The van der Waals surface area contributed by atoms with Crippen LogP contribution in [-0.4, -0.2) is 15.8 Å². The summed E-state index contributed by atoms with van der Waals surface area (Å²) in [5.74, 6) is -0.954. The van der Waals surface area contributed by atoms with Gasteiger partial charge in [0.05, 0.1) is 9.85 Å². The fourth-order valence-corrected chi connectivity index (χ4v) is 1.12. The van der Waals surface area contributed by atoms with E-state index < -0.39 is 32.8 Å². The summed E-state index contributed by atoms with van der Waals surface area (Å²) >= 11 is 0. The number of primary amides is 1. The molecule has 0 aromatic heterocycles. The molecule has 0 fully saturated rings. The van der Waals surface area contributed by atoms with Crippen LogP contribution < -0.4 is 11.5 Å². The lowest BCUT2D eigenvalue weighted by Crippen LogP contribution is -2.12. The van der Waals surface area contributed by atoms with Gasteiger partial charge in [0.15, 0.2) is 0 Å². The molecule has 4 N–H and O–H groups in total. The number of benzene rings is 1. The van der Waals surface area contributed by atoms with Crippen molar-refractivity contribution in [2.75, 3.05) is 5.73 Å². The maximum absolute atomic E-state index is 10.8. The summed E-state index contributed by atoms with van der Waals surface area (Å²) in [5.41, 5.74) is 7.69. The highest BCUT2D eigenvalue weighted by Gasteiger charge is 2.29. The van der Waals surface area contributed by atoms with E-state index in [-0.39, 0.29) is 5.56 Å². The SMILES string of the molecule is NC(=O)c1cc(N)c([N+](=O)[O-])c([N+](=O)[O-])c1. The molecule has 0 heterocycles. The van der Waals surface area contributed by atoms with Gasteiger partial charge in [0.2, 0.25) is 5.91 Å². The van der Waals surface area contributed by atoms with E-state index in [0.717, 1.165) is 12.1 Å². The van der Waals surface area contributed by atoms with Crippen LogP contribution in [0.1, 0.15) is 10.4 Å². The van der Waals surface area contributed by atoms with Gasteiger partial charge in [0.1, 0.15) is 5.69 Å². The standard InChI is InChI=1S/C7H6N4O5/c8-4-1-3(7(9)12)2-5(10(13)14)6(4)11(15)16/h1-2H,8H2,(H2,9,12). The number of nitrogens with two attached hydrogens (primary N) is 2. The highest BCUT2D eigenvalue weighted by Crippen LogP contribution is 2.33. The number of carbonyl (C=O) groups is 1. The summed E-state index contributed by atoms with van der Waals surface area (Å²) in [5, 5.41) is 21.1. The van der Waals surface area contributed by atoms with Crippen molar-refractivity contribution in [3.63, 3.8) is 0 Å². The average molecular weight is 226 g/mol. The number of nitro groups is 2. The van der Waals surface area contributed by atoms with Crippen LogP contribution in [0.2, 0.25) is 0 Å². The summed E-state index contributed by atoms with van der Waals surface area (Å²) in [6, 6.07) is 1.64. The van der Waals surface area contributed by atoms with Crippen LogP contribution in [0.5, 0.6) is 0 Å². The minimum atomic E-state index is -0.999. The highest BCUT2D eigenvalue weighted by molar-refractivity contribution is 5.96. The zero-order chi connectivity index (χ0) is 12.5. The summed E-state index contributed by atoms with van der Waals surface area (Å²) in [7, 11) is 0. The second-order valence-electron chi connectivity index (χ2n) is 2.81. The van der Waals surface area contributed by atoms with Crippen molar-refractivity contribution in [2.45, 2.75) is 0 Å². The molecule has 0 bridgehead atoms. The minimum Gasteiger partial charge on any atom is -0.393 e. The maximum Gasteiger partial charge on any atom is 0.368 e. The third-order valence-electron chi connectivity index (χ3n) is 1.78. The molecule has 1 rings (SSSR count). The van der Waals surface area contributed by atoms with Gasteiger partial charge in [-0.25, -0.2) is 0 Å². The molecular weight excluding hydrogens is 220 g/mol. The minimum absolute atomic E-state index is 0.255. The van der Waals surface area contributed by atoms with Gasteiger partial charge in [-0.05, 0) is 6.07 Å². The van der Waals surface area contributed by atoms with E-state index in [4.69, 9.17) is 11.5 Å². The van der Waals surface area contributed by atoms with Crippen molar-refractivity contribution in [1.82, 2.24) is 0 Å². The van der Waals surface area contributed by atoms with E-state index in [0.29, 0.717) is 0 Å². The summed E-state index contributed by atoms with van der Waals surface area (Å²) < 4.78 is 0. The first kappa shape index (κ1) is 11.4. The van der Waals surface area contributed by atoms with E-state index >= 15 is 0 Å². The largest absolute Gasteiger partial charge is 0.393 e. The van der Waals surface area contributed by atoms with Crippen molar-refractivity contribution >= 4 is 23.0 Å². The monoisotopic (exact) mass is 226 g/mol. The van der Waals surface area contributed by atoms with Crippen LogP contribution in [0.3, 0.4) is 0 Å². The van der Waals surface area contributed by atoms with E-state index in [1.165, 1.54) is 0 Å². The lowest BCUT2D eigenvalue weighted by molar-refractivity contribution is -0.421. The van der Waals surface area contributed by atoms with Crippen molar-refractivity contribution < 1.29 is 14.6 Å². The molecule has 0 spiro atoms. The van der Waals surface area contributed by atoms with Gasteiger partial charge in [-0.15, -0.1) is 0 Å². The predicted molar refractivity (Wildman–Crippen MR) is 52.7 cm³/mol. The third kappa shape index (κ3) is 1.87. The highest BCUT2D eigenvalue weighted by atomic mass is 16.6. The molecular formula is C7H6N4O5. The van der Waals surface area contributed by atoms with Crippen LogP contribution in [0, 0.1) is 20.2 Å². The fourth-order valence-electron chi connectivity index (χ4n) is 1.12. The summed E-state index contributed by atoms with van der Waals surface area (Å²) in [4.78, 5) is 29.9. The molecule has 9 heteroatoms. The Labute approximate surface area is 87.9 Å².